The molecule has 0 amide bonds. The van der Waals surface area contributed by atoms with Crippen molar-refractivity contribution in [1.82, 2.24) is 0 Å². The lowest BCUT2D eigenvalue weighted by Crippen LogP contribution is -1.92. The first kappa shape index (κ1) is 12.0. The molecular formula is C14H8ClN3. The molecule has 0 aliphatic rings. The molecule has 0 saturated heterocycles. The molecule has 0 heterocycles. The molecular weight excluding hydrogens is 246 g/mol. The molecule has 0 bridgehead atoms. The first-order valence-electron chi connectivity index (χ1n) is 5.20. The predicted octanol–water partition coefficient (Wildman–Crippen LogP) is 3.83. The predicted molar refractivity (Wildman–Crippen MR) is 70.6 cm³/mol. The molecule has 3 nitrogen and oxygen atoms in total. The van der Waals surface area contributed by atoms with Crippen molar-refractivity contribution >= 4 is 23.0 Å². The molecule has 86 valence electrons. The summed E-state index contributed by atoms with van der Waals surface area (Å²) in [6.07, 6.45) is 0. The van der Waals surface area contributed by atoms with E-state index in [0.717, 1.165) is 5.69 Å². The molecule has 0 spiro atoms. The summed E-state index contributed by atoms with van der Waals surface area (Å²) < 4.78 is 0. The largest absolute Gasteiger partial charge is 0.354 e. The van der Waals surface area contributed by atoms with Crippen LogP contribution in [-0.4, -0.2) is 0 Å². The molecule has 0 aromatic heterocycles. The van der Waals surface area contributed by atoms with Gasteiger partial charge in [0.15, 0.2) is 0 Å². The number of halogens is 1. The van der Waals surface area contributed by atoms with Gasteiger partial charge >= 0.3 is 0 Å². The van der Waals surface area contributed by atoms with Gasteiger partial charge in [-0.2, -0.15) is 10.5 Å². The van der Waals surface area contributed by atoms with Gasteiger partial charge in [0.1, 0.15) is 0 Å². The van der Waals surface area contributed by atoms with Crippen molar-refractivity contribution in [2.75, 3.05) is 5.32 Å². The number of hydrogen-bond donors (Lipinski definition) is 1. The molecule has 0 saturated carbocycles. The summed E-state index contributed by atoms with van der Waals surface area (Å²) in [7, 11) is 0. The van der Waals surface area contributed by atoms with Crippen LogP contribution in [0.25, 0.3) is 0 Å². The van der Waals surface area contributed by atoms with Gasteiger partial charge in [-0.15, -0.1) is 0 Å². The van der Waals surface area contributed by atoms with Crippen LogP contribution >= 0.6 is 11.6 Å². The average Bonchev–Trinajstić information content (AvgIpc) is 2.41. The molecule has 0 aliphatic carbocycles. The lowest BCUT2D eigenvalue weighted by Gasteiger charge is -2.08. The van der Waals surface area contributed by atoms with Gasteiger partial charge in [0, 0.05) is 5.69 Å². The molecule has 0 radical (unpaired) electrons. The van der Waals surface area contributed by atoms with E-state index >= 15 is 0 Å². The molecule has 2 rings (SSSR count). The molecule has 1 N–H and O–H groups in total. The van der Waals surface area contributed by atoms with Crippen molar-refractivity contribution in [3.8, 4) is 12.1 Å². The molecule has 0 fully saturated rings. The molecule has 0 unspecified atom stereocenters. The Hall–Kier alpha value is -2.49. The van der Waals surface area contributed by atoms with Crippen LogP contribution < -0.4 is 5.32 Å². The third kappa shape index (κ3) is 2.60. The number of benzene rings is 2. The monoisotopic (exact) mass is 253 g/mol. The Morgan fingerprint density at radius 2 is 1.67 bits per heavy atom. The Balaban J connectivity index is 2.34. The van der Waals surface area contributed by atoms with E-state index in [-0.39, 0.29) is 0 Å². The second kappa shape index (κ2) is 5.23. The van der Waals surface area contributed by atoms with Crippen LogP contribution in [0.15, 0.2) is 42.5 Å². The summed E-state index contributed by atoms with van der Waals surface area (Å²) >= 11 is 6.04. The highest BCUT2D eigenvalue weighted by Gasteiger charge is 2.03. The van der Waals surface area contributed by atoms with E-state index in [1.54, 1.807) is 36.4 Å². The van der Waals surface area contributed by atoms with E-state index in [0.29, 0.717) is 21.8 Å². The van der Waals surface area contributed by atoms with Crippen molar-refractivity contribution < 1.29 is 0 Å². The van der Waals surface area contributed by atoms with Crippen LogP contribution in [-0.2, 0) is 0 Å². The number of hydrogen-bond acceptors (Lipinski definition) is 3. The van der Waals surface area contributed by atoms with E-state index in [4.69, 9.17) is 22.1 Å². The first-order chi connectivity index (χ1) is 8.72. The normalized spacial score (nSPS) is 9.28. The quantitative estimate of drug-likeness (QED) is 0.885. The number of rotatable bonds is 2. The van der Waals surface area contributed by atoms with Crippen LogP contribution in [0, 0.1) is 22.7 Å². The van der Waals surface area contributed by atoms with Gasteiger partial charge in [-0.05, 0) is 36.4 Å². The van der Waals surface area contributed by atoms with Gasteiger partial charge in [-0.3, -0.25) is 0 Å². The maximum absolute atomic E-state index is 8.84. The summed E-state index contributed by atoms with van der Waals surface area (Å²) in [6.45, 7) is 0. The van der Waals surface area contributed by atoms with Crippen LogP contribution in [0.4, 0.5) is 11.4 Å². The molecule has 2 aromatic carbocycles. The van der Waals surface area contributed by atoms with E-state index in [9.17, 15) is 0 Å². The first-order valence-corrected chi connectivity index (χ1v) is 5.57. The fraction of sp³-hybridized carbons (Fsp3) is 0. The smallest absolute Gasteiger partial charge is 0.0992 e. The summed E-state index contributed by atoms with van der Waals surface area (Å²) in [6, 6.07) is 16.1. The van der Waals surface area contributed by atoms with Crippen LogP contribution in [0.5, 0.6) is 0 Å². The molecule has 0 atom stereocenters. The van der Waals surface area contributed by atoms with Crippen molar-refractivity contribution in [2.24, 2.45) is 0 Å². The van der Waals surface area contributed by atoms with Crippen molar-refractivity contribution in [3.63, 3.8) is 0 Å². The summed E-state index contributed by atoms with van der Waals surface area (Å²) in [5, 5.41) is 21.3. The number of anilines is 2. The van der Waals surface area contributed by atoms with Crippen LogP contribution in [0.2, 0.25) is 5.02 Å². The van der Waals surface area contributed by atoms with E-state index in [1.807, 2.05) is 6.07 Å². The maximum atomic E-state index is 8.84. The highest BCUT2D eigenvalue weighted by molar-refractivity contribution is 6.33. The third-order valence-electron chi connectivity index (χ3n) is 2.37. The zero-order valence-corrected chi connectivity index (χ0v) is 10.1. The second-order valence-corrected chi connectivity index (χ2v) is 4.03. The van der Waals surface area contributed by atoms with Gasteiger partial charge < -0.3 is 5.32 Å². The second-order valence-electron chi connectivity index (χ2n) is 3.62. The van der Waals surface area contributed by atoms with E-state index in [2.05, 4.69) is 17.5 Å². The average molecular weight is 254 g/mol. The molecule has 0 aliphatic heterocycles. The molecule has 4 heteroatoms. The van der Waals surface area contributed by atoms with Crippen LogP contribution in [0.3, 0.4) is 0 Å². The minimum Gasteiger partial charge on any atom is -0.354 e. The summed E-state index contributed by atoms with van der Waals surface area (Å²) in [5.74, 6) is 0. The van der Waals surface area contributed by atoms with Gasteiger partial charge in [0.2, 0.25) is 0 Å². The lowest BCUT2D eigenvalue weighted by atomic mass is 10.2. The van der Waals surface area contributed by atoms with Gasteiger partial charge in [-0.1, -0.05) is 17.7 Å². The van der Waals surface area contributed by atoms with Crippen molar-refractivity contribution in [3.05, 3.63) is 58.6 Å². The Morgan fingerprint density at radius 1 is 0.944 bits per heavy atom. The highest BCUT2D eigenvalue weighted by atomic mass is 35.5. The Kier molecular flexibility index (Phi) is 3.48. The van der Waals surface area contributed by atoms with Gasteiger partial charge in [0.05, 0.1) is 34.0 Å². The van der Waals surface area contributed by atoms with E-state index < -0.39 is 0 Å². The summed E-state index contributed by atoms with van der Waals surface area (Å²) in [4.78, 5) is 0. The Morgan fingerprint density at radius 3 is 2.39 bits per heavy atom. The minimum absolute atomic E-state index is 0.524. The van der Waals surface area contributed by atoms with Crippen LogP contribution in [0.1, 0.15) is 11.1 Å². The standard InChI is InChI=1S/C14H8ClN3/c15-13-5-4-11(9-17)7-14(13)18-12-3-1-2-10(6-12)8-16/h1-7,18H. The lowest BCUT2D eigenvalue weighted by molar-refractivity contribution is 1.46. The topological polar surface area (TPSA) is 59.6 Å². The van der Waals surface area contributed by atoms with Crippen molar-refractivity contribution in [2.45, 2.75) is 0 Å². The fourth-order valence-electron chi connectivity index (χ4n) is 1.51. The number of nitrogens with zero attached hydrogens (tertiary/aromatic N) is 2. The minimum atomic E-state index is 0.524. The number of nitrogens with one attached hydrogen (secondary N) is 1. The van der Waals surface area contributed by atoms with Crippen molar-refractivity contribution in [1.29, 1.82) is 10.5 Å². The molecule has 18 heavy (non-hydrogen) atoms. The SMILES string of the molecule is N#Cc1cccc(Nc2cc(C#N)ccc2Cl)c1. The molecule has 2 aromatic rings. The number of nitriles is 2. The highest BCUT2D eigenvalue weighted by Crippen LogP contribution is 2.26. The zero-order valence-electron chi connectivity index (χ0n) is 9.31. The van der Waals surface area contributed by atoms with E-state index in [1.165, 1.54) is 0 Å². The zero-order chi connectivity index (χ0) is 13.0. The van der Waals surface area contributed by atoms with Gasteiger partial charge in [-0.25, -0.2) is 0 Å². The fourth-order valence-corrected chi connectivity index (χ4v) is 1.68. The summed E-state index contributed by atoms with van der Waals surface area (Å²) in [5.41, 5.74) is 2.49. The third-order valence-corrected chi connectivity index (χ3v) is 2.70. The Labute approximate surface area is 110 Å². The Bertz CT molecular complexity index is 665. The van der Waals surface area contributed by atoms with Gasteiger partial charge in [0.25, 0.3) is 0 Å². The maximum Gasteiger partial charge on any atom is 0.0992 e.